The smallest absolute Gasteiger partial charge is 0.283 e. The number of hydrogen-bond acceptors (Lipinski definition) is 7. The van der Waals surface area contributed by atoms with Crippen molar-refractivity contribution in [2.24, 2.45) is 0 Å². The summed E-state index contributed by atoms with van der Waals surface area (Å²) in [7, 11) is 0. The van der Waals surface area contributed by atoms with E-state index in [1.54, 1.807) is 42.7 Å². The third-order valence-corrected chi connectivity index (χ3v) is 6.10. The van der Waals surface area contributed by atoms with Gasteiger partial charge in [-0.3, -0.25) is 4.79 Å². The standard InChI is InChI=1S/C19H10Cl2N2O2S3/c1-27-19(26)25-18-15(14-7-6-13(21)8-11(14)9-22)16(24)23-17(28-18)10-2-4-12(20)5-3-10/h2-8H,1H3. The lowest BCUT2D eigenvalue weighted by atomic mass is 10.0. The molecule has 0 spiro atoms. The van der Waals surface area contributed by atoms with Crippen molar-refractivity contribution in [3.05, 3.63) is 68.4 Å². The molecule has 0 atom stereocenters. The third kappa shape index (κ3) is 4.54. The molecule has 0 unspecified atom stereocenters. The van der Waals surface area contributed by atoms with E-state index in [0.29, 0.717) is 20.6 Å². The van der Waals surface area contributed by atoms with Crippen molar-refractivity contribution >= 4 is 62.9 Å². The lowest BCUT2D eigenvalue weighted by Gasteiger charge is -2.12. The van der Waals surface area contributed by atoms with Gasteiger partial charge in [-0.2, -0.15) is 10.2 Å². The van der Waals surface area contributed by atoms with Gasteiger partial charge >= 0.3 is 0 Å². The quantitative estimate of drug-likeness (QED) is 0.440. The van der Waals surface area contributed by atoms with Crippen LogP contribution < -0.4 is 10.3 Å². The number of halogens is 2. The second kappa shape index (κ2) is 9.03. The Bertz CT molecular complexity index is 1160. The van der Waals surface area contributed by atoms with Crippen LogP contribution in [0.3, 0.4) is 0 Å². The molecular weight excluding hydrogens is 455 g/mol. The van der Waals surface area contributed by atoms with Gasteiger partial charge in [0.25, 0.3) is 5.56 Å². The maximum atomic E-state index is 12.9. The van der Waals surface area contributed by atoms with E-state index in [0.717, 1.165) is 16.9 Å². The van der Waals surface area contributed by atoms with Gasteiger partial charge < -0.3 is 4.74 Å². The highest BCUT2D eigenvalue weighted by atomic mass is 35.5. The topological polar surface area (TPSA) is 63.0 Å². The predicted molar refractivity (Wildman–Crippen MR) is 121 cm³/mol. The summed E-state index contributed by atoms with van der Waals surface area (Å²) < 4.78 is 6.00. The summed E-state index contributed by atoms with van der Waals surface area (Å²) >= 11 is 19.5. The molecule has 0 fully saturated rings. The first-order chi connectivity index (χ1) is 13.4. The van der Waals surface area contributed by atoms with E-state index in [9.17, 15) is 10.1 Å². The van der Waals surface area contributed by atoms with Crippen molar-refractivity contribution in [2.75, 3.05) is 6.26 Å². The zero-order chi connectivity index (χ0) is 20.3. The highest BCUT2D eigenvalue weighted by Crippen LogP contribution is 2.38. The molecule has 0 aliphatic heterocycles. The number of benzene rings is 2. The lowest BCUT2D eigenvalue weighted by Crippen LogP contribution is -2.13. The Balaban J connectivity index is 2.25. The van der Waals surface area contributed by atoms with Crippen LogP contribution in [0.2, 0.25) is 10.0 Å². The number of aromatic nitrogens is 1. The summed E-state index contributed by atoms with van der Waals surface area (Å²) in [6.45, 7) is 0. The van der Waals surface area contributed by atoms with E-state index in [4.69, 9.17) is 40.2 Å². The summed E-state index contributed by atoms with van der Waals surface area (Å²) in [5, 5.41) is 11.2. The summed E-state index contributed by atoms with van der Waals surface area (Å²) in [5.41, 5.74) is 1.00. The maximum absolute atomic E-state index is 12.9. The fraction of sp³-hybridized carbons (Fsp3) is 0.0526. The van der Waals surface area contributed by atoms with Crippen molar-refractivity contribution < 1.29 is 4.74 Å². The van der Waals surface area contributed by atoms with Crippen LogP contribution >= 0.6 is 58.5 Å². The van der Waals surface area contributed by atoms with Gasteiger partial charge in [0.2, 0.25) is 4.38 Å². The van der Waals surface area contributed by atoms with Gasteiger partial charge in [0.1, 0.15) is 10.6 Å². The highest BCUT2D eigenvalue weighted by molar-refractivity contribution is 8.22. The van der Waals surface area contributed by atoms with Gasteiger partial charge in [0, 0.05) is 21.2 Å². The minimum absolute atomic E-state index is 0.173. The van der Waals surface area contributed by atoms with Crippen LogP contribution in [-0.2, 0) is 0 Å². The molecule has 3 aromatic rings. The van der Waals surface area contributed by atoms with E-state index in [-0.39, 0.29) is 20.6 Å². The van der Waals surface area contributed by atoms with Gasteiger partial charge in [0.05, 0.1) is 11.6 Å². The average molecular weight is 465 g/mol. The summed E-state index contributed by atoms with van der Waals surface area (Å²) in [4.78, 5) is 17.1. The molecule has 9 heteroatoms. The van der Waals surface area contributed by atoms with Crippen molar-refractivity contribution in [3.8, 4) is 32.8 Å². The Morgan fingerprint density at radius 3 is 2.54 bits per heavy atom. The van der Waals surface area contributed by atoms with Crippen LogP contribution in [0.1, 0.15) is 5.56 Å². The van der Waals surface area contributed by atoms with Gasteiger partial charge in [0.15, 0.2) is 5.06 Å². The zero-order valence-corrected chi connectivity index (χ0v) is 18.2. The van der Waals surface area contributed by atoms with Crippen molar-refractivity contribution in [3.63, 3.8) is 0 Å². The largest absolute Gasteiger partial charge is 0.428 e. The Hall–Kier alpha value is -1.95. The molecular formula is C19H10Cl2N2O2S3. The van der Waals surface area contributed by atoms with E-state index in [1.807, 2.05) is 0 Å². The number of nitriles is 1. The molecule has 28 heavy (non-hydrogen) atoms. The molecule has 0 radical (unpaired) electrons. The fourth-order valence-electron chi connectivity index (χ4n) is 2.35. The van der Waals surface area contributed by atoms with Gasteiger partial charge in [-0.05, 0) is 42.7 Å². The summed E-state index contributed by atoms with van der Waals surface area (Å²) in [5.74, 6) is 0. The average Bonchev–Trinajstić information content (AvgIpc) is 2.68. The van der Waals surface area contributed by atoms with Crippen LogP contribution in [0.4, 0.5) is 0 Å². The number of hydrogen-bond donors (Lipinski definition) is 0. The van der Waals surface area contributed by atoms with Gasteiger partial charge in [-0.15, -0.1) is 0 Å². The van der Waals surface area contributed by atoms with Crippen LogP contribution in [0.15, 0.2) is 47.3 Å². The normalized spacial score (nSPS) is 10.4. The number of ether oxygens (including phenoxy) is 1. The second-order valence-electron chi connectivity index (χ2n) is 5.35. The molecule has 0 saturated heterocycles. The highest BCUT2D eigenvalue weighted by Gasteiger charge is 2.20. The Morgan fingerprint density at radius 2 is 1.89 bits per heavy atom. The molecule has 3 rings (SSSR count). The summed E-state index contributed by atoms with van der Waals surface area (Å²) in [6.07, 6.45) is 1.77. The monoisotopic (exact) mass is 464 g/mol. The first-order valence-corrected chi connectivity index (χ1v) is 10.9. The Labute approximate surface area is 184 Å². The van der Waals surface area contributed by atoms with Crippen LogP contribution in [0, 0.1) is 11.3 Å². The maximum Gasteiger partial charge on any atom is 0.283 e. The lowest BCUT2D eigenvalue weighted by molar-refractivity contribution is 0.596. The molecule has 0 aliphatic rings. The van der Waals surface area contributed by atoms with Crippen molar-refractivity contribution in [2.45, 2.75) is 0 Å². The van der Waals surface area contributed by atoms with E-state index in [1.165, 1.54) is 17.8 Å². The molecule has 0 aliphatic carbocycles. The zero-order valence-electron chi connectivity index (χ0n) is 14.2. The van der Waals surface area contributed by atoms with E-state index in [2.05, 4.69) is 11.1 Å². The minimum atomic E-state index is -0.526. The fourth-order valence-corrected chi connectivity index (χ4v) is 3.99. The number of rotatable bonds is 3. The Morgan fingerprint density at radius 1 is 1.21 bits per heavy atom. The van der Waals surface area contributed by atoms with Crippen LogP contribution in [0.25, 0.3) is 21.7 Å². The molecule has 4 nitrogen and oxygen atoms in total. The minimum Gasteiger partial charge on any atom is -0.428 e. The van der Waals surface area contributed by atoms with Gasteiger partial charge in [-0.25, -0.2) is 0 Å². The molecule has 0 N–H and O–H groups in total. The molecule has 0 saturated carbocycles. The third-order valence-electron chi connectivity index (χ3n) is 3.62. The van der Waals surface area contributed by atoms with Crippen LogP contribution in [0.5, 0.6) is 5.06 Å². The van der Waals surface area contributed by atoms with Crippen molar-refractivity contribution in [1.82, 2.24) is 4.98 Å². The first kappa shape index (κ1) is 20.8. The molecule has 1 aromatic heterocycles. The summed E-state index contributed by atoms with van der Waals surface area (Å²) in [6, 6.07) is 13.7. The molecule has 0 bridgehead atoms. The molecule has 1 heterocycles. The Kier molecular flexibility index (Phi) is 6.70. The molecule has 0 amide bonds. The number of thiocarbonyl (C=S) groups is 1. The number of nitrogens with zero attached hydrogens (tertiary/aromatic N) is 2. The van der Waals surface area contributed by atoms with E-state index < -0.39 is 5.56 Å². The van der Waals surface area contributed by atoms with E-state index >= 15 is 0 Å². The second-order valence-corrected chi connectivity index (χ2v) is 8.59. The number of thioether (sulfide) groups is 1. The van der Waals surface area contributed by atoms with Gasteiger partial charge in [-0.1, -0.05) is 64.5 Å². The predicted octanol–water partition coefficient (Wildman–Crippen LogP) is 6.04. The molecule has 2 aromatic carbocycles. The first-order valence-electron chi connectivity index (χ1n) is 7.70. The SMILES string of the molecule is CSC(=S)Oc1sc(-c2ccc(Cl)cc2)nc(=O)c1-c1ccc(Cl)cc1C#N. The molecule has 140 valence electrons. The van der Waals surface area contributed by atoms with Crippen LogP contribution in [-0.4, -0.2) is 15.6 Å². The van der Waals surface area contributed by atoms with Crippen molar-refractivity contribution in [1.29, 1.82) is 5.26 Å².